The van der Waals surface area contributed by atoms with Gasteiger partial charge in [0.15, 0.2) is 0 Å². The number of hydrogen-bond acceptors (Lipinski definition) is 7. The lowest BCUT2D eigenvalue weighted by atomic mass is 10.1. The first kappa shape index (κ1) is 24.2. The summed E-state index contributed by atoms with van der Waals surface area (Å²) in [6, 6.07) is 14.7. The molecule has 0 atom stereocenters. The van der Waals surface area contributed by atoms with Crippen LogP contribution in [0.15, 0.2) is 53.4 Å². The van der Waals surface area contributed by atoms with E-state index in [0.717, 1.165) is 17.5 Å². The minimum absolute atomic E-state index is 0.264. The van der Waals surface area contributed by atoms with Crippen LogP contribution in [-0.4, -0.2) is 55.4 Å². The van der Waals surface area contributed by atoms with Crippen LogP contribution in [0.5, 0.6) is 5.75 Å². The summed E-state index contributed by atoms with van der Waals surface area (Å²) in [4.78, 5) is 7.05. The van der Waals surface area contributed by atoms with Crippen LogP contribution in [0.3, 0.4) is 0 Å². The predicted octanol–water partition coefficient (Wildman–Crippen LogP) is 3.98. The first-order chi connectivity index (χ1) is 15.4. The summed E-state index contributed by atoms with van der Waals surface area (Å²) < 4.78 is 37.3. The zero-order chi connectivity index (χ0) is 23.1. The van der Waals surface area contributed by atoms with E-state index in [1.54, 1.807) is 31.4 Å². The monoisotopic (exact) mass is 474 g/mol. The fourth-order valence-electron chi connectivity index (χ4n) is 3.39. The number of aromatic nitrogens is 2. The maximum absolute atomic E-state index is 13.1. The molecule has 0 spiro atoms. The molecule has 2 aromatic carbocycles. The van der Waals surface area contributed by atoms with Gasteiger partial charge in [-0.05, 0) is 49.2 Å². The van der Waals surface area contributed by atoms with E-state index in [9.17, 15) is 8.42 Å². The smallest absolute Gasteiger partial charge is 0.243 e. The molecule has 0 amide bonds. The Labute approximate surface area is 194 Å². The van der Waals surface area contributed by atoms with Crippen molar-refractivity contribution in [3.05, 3.63) is 65.5 Å². The van der Waals surface area contributed by atoms with E-state index in [0.29, 0.717) is 31.8 Å². The van der Waals surface area contributed by atoms with Crippen molar-refractivity contribution in [3.8, 4) is 5.75 Å². The molecule has 172 valence electrons. The third kappa shape index (κ3) is 5.65. The number of methoxy groups -OCH3 is 1. The van der Waals surface area contributed by atoms with Crippen LogP contribution in [0.25, 0.3) is 0 Å². The van der Waals surface area contributed by atoms with Gasteiger partial charge < -0.3 is 9.64 Å². The summed E-state index contributed by atoms with van der Waals surface area (Å²) in [6.45, 7) is 7.99. The Kier molecular flexibility index (Phi) is 8.22. The lowest BCUT2D eigenvalue weighted by Crippen LogP contribution is -2.38. The highest BCUT2D eigenvalue weighted by atomic mass is 32.2. The number of hydrogen-bond donors (Lipinski definition) is 0. The van der Waals surface area contributed by atoms with E-state index < -0.39 is 10.0 Å². The Morgan fingerprint density at radius 1 is 1.00 bits per heavy atom. The van der Waals surface area contributed by atoms with Gasteiger partial charge in [-0.25, -0.2) is 13.4 Å². The highest BCUT2D eigenvalue weighted by Gasteiger charge is 2.24. The first-order valence-corrected chi connectivity index (χ1v) is 12.9. The van der Waals surface area contributed by atoms with Gasteiger partial charge in [-0.1, -0.05) is 31.2 Å². The van der Waals surface area contributed by atoms with Crippen molar-refractivity contribution in [1.29, 1.82) is 0 Å². The molecule has 0 unspecified atom stereocenters. The number of benzene rings is 2. The molecule has 0 bridgehead atoms. The largest absolute Gasteiger partial charge is 0.497 e. The second-order valence-electron chi connectivity index (χ2n) is 7.35. The molecule has 0 fully saturated rings. The highest BCUT2D eigenvalue weighted by molar-refractivity contribution is 7.89. The number of rotatable bonds is 11. The minimum Gasteiger partial charge on any atom is -0.497 e. The van der Waals surface area contributed by atoms with Crippen LogP contribution in [0, 0.1) is 6.92 Å². The van der Waals surface area contributed by atoms with Crippen molar-refractivity contribution in [2.24, 2.45) is 0 Å². The van der Waals surface area contributed by atoms with E-state index >= 15 is 0 Å². The predicted molar refractivity (Wildman–Crippen MR) is 129 cm³/mol. The lowest BCUT2D eigenvalue weighted by molar-refractivity contribution is 0.413. The molecular formula is C23H30N4O3S2. The topological polar surface area (TPSA) is 75.6 Å². The SMILES string of the molecule is CCN(CCN(CC)S(=O)(=O)c1ccc(OC)cc1)c1nc(Cc2ccccc2C)ns1. The first-order valence-electron chi connectivity index (χ1n) is 10.6. The van der Waals surface area contributed by atoms with Gasteiger partial charge >= 0.3 is 0 Å². The van der Waals surface area contributed by atoms with Gasteiger partial charge in [0.05, 0.1) is 12.0 Å². The van der Waals surface area contributed by atoms with Crippen LogP contribution < -0.4 is 9.64 Å². The fraction of sp³-hybridized carbons (Fsp3) is 0.391. The second kappa shape index (κ2) is 10.9. The average Bonchev–Trinajstić information content (AvgIpc) is 3.26. The van der Waals surface area contributed by atoms with E-state index in [2.05, 4.69) is 28.3 Å². The number of anilines is 1. The normalized spacial score (nSPS) is 11.7. The molecule has 0 aliphatic carbocycles. The van der Waals surface area contributed by atoms with E-state index in [-0.39, 0.29) is 4.90 Å². The molecule has 1 aromatic heterocycles. The molecule has 9 heteroatoms. The molecule has 0 aliphatic heterocycles. The van der Waals surface area contributed by atoms with E-state index in [1.807, 2.05) is 26.0 Å². The molecule has 1 heterocycles. The number of ether oxygens (including phenoxy) is 1. The quantitative estimate of drug-likeness (QED) is 0.418. The summed E-state index contributed by atoms with van der Waals surface area (Å²) in [7, 11) is -2.03. The van der Waals surface area contributed by atoms with Gasteiger partial charge in [0.1, 0.15) is 11.6 Å². The number of aryl methyl sites for hydroxylation is 1. The lowest BCUT2D eigenvalue weighted by Gasteiger charge is -2.25. The molecule has 0 saturated carbocycles. The van der Waals surface area contributed by atoms with Crippen molar-refractivity contribution >= 4 is 26.7 Å². The molecule has 3 rings (SSSR count). The van der Waals surface area contributed by atoms with Crippen molar-refractivity contribution < 1.29 is 13.2 Å². The zero-order valence-corrected chi connectivity index (χ0v) is 20.6. The fourth-order valence-corrected chi connectivity index (χ4v) is 5.60. The molecule has 0 saturated heterocycles. The summed E-state index contributed by atoms with van der Waals surface area (Å²) in [5.41, 5.74) is 2.43. The molecule has 0 aliphatic rings. The van der Waals surface area contributed by atoms with E-state index in [4.69, 9.17) is 9.72 Å². The number of likely N-dealkylation sites (N-methyl/N-ethyl adjacent to an activating group) is 2. The van der Waals surface area contributed by atoms with Gasteiger partial charge in [-0.2, -0.15) is 8.68 Å². The zero-order valence-electron chi connectivity index (χ0n) is 19.0. The van der Waals surface area contributed by atoms with Gasteiger partial charge in [0.2, 0.25) is 15.2 Å². The van der Waals surface area contributed by atoms with Crippen LogP contribution >= 0.6 is 11.5 Å². The van der Waals surface area contributed by atoms with Crippen LogP contribution in [0.2, 0.25) is 0 Å². The molecule has 7 nitrogen and oxygen atoms in total. The summed E-state index contributed by atoms with van der Waals surface area (Å²) in [5.74, 6) is 1.41. The third-order valence-electron chi connectivity index (χ3n) is 5.39. The molecule has 32 heavy (non-hydrogen) atoms. The standard InChI is InChI=1S/C23H30N4O3S2/c1-5-26(23-24-22(25-31-23)17-19-10-8-7-9-18(19)3)15-16-27(6-2)32(28,29)21-13-11-20(30-4)12-14-21/h7-14H,5-6,15-17H2,1-4H3. The van der Waals surface area contributed by atoms with Crippen molar-refractivity contribution in [1.82, 2.24) is 13.7 Å². The Balaban J connectivity index is 1.68. The Bertz CT molecular complexity index is 1110. The maximum atomic E-state index is 13.1. The van der Waals surface area contributed by atoms with Gasteiger partial charge in [-0.3, -0.25) is 0 Å². The second-order valence-corrected chi connectivity index (χ2v) is 10.0. The Morgan fingerprint density at radius 3 is 2.34 bits per heavy atom. The van der Waals surface area contributed by atoms with Gasteiger partial charge in [-0.15, -0.1) is 0 Å². The Hall–Kier alpha value is -2.49. The van der Waals surface area contributed by atoms with E-state index in [1.165, 1.54) is 27.0 Å². The molecule has 0 radical (unpaired) electrons. The number of nitrogens with zero attached hydrogens (tertiary/aromatic N) is 4. The molecule has 3 aromatic rings. The third-order valence-corrected chi connectivity index (χ3v) is 8.19. The van der Waals surface area contributed by atoms with Crippen LogP contribution in [-0.2, 0) is 16.4 Å². The van der Waals surface area contributed by atoms with Crippen molar-refractivity contribution in [2.75, 3.05) is 38.2 Å². The summed E-state index contributed by atoms with van der Waals surface area (Å²) >= 11 is 1.36. The Morgan fingerprint density at radius 2 is 1.72 bits per heavy atom. The summed E-state index contributed by atoms with van der Waals surface area (Å²) in [6.07, 6.45) is 0.688. The minimum atomic E-state index is -3.58. The van der Waals surface area contributed by atoms with Crippen molar-refractivity contribution in [3.63, 3.8) is 0 Å². The van der Waals surface area contributed by atoms with Gasteiger partial charge in [0, 0.05) is 44.1 Å². The molecule has 0 N–H and O–H groups in total. The van der Waals surface area contributed by atoms with Crippen LogP contribution in [0.1, 0.15) is 30.8 Å². The number of sulfonamides is 1. The highest BCUT2D eigenvalue weighted by Crippen LogP contribution is 2.22. The average molecular weight is 475 g/mol. The summed E-state index contributed by atoms with van der Waals surface area (Å²) in [5, 5.41) is 0.814. The van der Waals surface area contributed by atoms with Gasteiger partial charge in [0.25, 0.3) is 0 Å². The van der Waals surface area contributed by atoms with Crippen molar-refractivity contribution in [2.45, 2.75) is 32.1 Å². The molecular weight excluding hydrogens is 444 g/mol. The van der Waals surface area contributed by atoms with Crippen LogP contribution in [0.4, 0.5) is 5.13 Å². The maximum Gasteiger partial charge on any atom is 0.243 e.